The van der Waals surface area contributed by atoms with Crippen molar-refractivity contribution in [3.05, 3.63) is 30.0 Å². The van der Waals surface area contributed by atoms with E-state index in [2.05, 4.69) is 24.3 Å². The van der Waals surface area contributed by atoms with Crippen molar-refractivity contribution in [1.82, 2.24) is 9.78 Å². The Morgan fingerprint density at radius 2 is 1.86 bits per heavy atom. The number of alkyl halides is 2. The minimum atomic E-state index is -0.0171. The van der Waals surface area contributed by atoms with Crippen molar-refractivity contribution in [3.8, 4) is 0 Å². The first kappa shape index (κ1) is 15.2. The summed E-state index contributed by atoms with van der Waals surface area (Å²) in [6, 6.07) is 8.40. The average molecular weight is 325 g/mol. The maximum atomic E-state index is 6.39. The lowest BCUT2D eigenvalue weighted by atomic mass is 9.73. The van der Waals surface area contributed by atoms with Crippen molar-refractivity contribution in [1.29, 1.82) is 0 Å². The fourth-order valence-corrected chi connectivity index (χ4v) is 4.69. The third kappa shape index (κ3) is 2.68. The third-order valence-electron chi connectivity index (χ3n) is 5.11. The predicted octanol–water partition coefficient (Wildman–Crippen LogP) is 4.77. The van der Waals surface area contributed by atoms with Crippen LogP contribution in [-0.2, 0) is 13.5 Å². The smallest absolute Gasteiger partial charge is 0.0709 e. The van der Waals surface area contributed by atoms with Gasteiger partial charge in [0.2, 0.25) is 0 Å². The summed E-state index contributed by atoms with van der Waals surface area (Å²) in [7, 11) is 2.00. The zero-order valence-corrected chi connectivity index (χ0v) is 14.0. The molecule has 0 amide bonds. The van der Waals surface area contributed by atoms with Crippen LogP contribution in [0.25, 0.3) is 10.9 Å². The van der Waals surface area contributed by atoms with E-state index in [0.717, 1.165) is 12.1 Å². The quantitative estimate of drug-likeness (QED) is 0.724. The van der Waals surface area contributed by atoms with Crippen LogP contribution in [0.5, 0.6) is 0 Å². The summed E-state index contributed by atoms with van der Waals surface area (Å²) in [5.41, 5.74) is 2.30. The van der Waals surface area contributed by atoms with Gasteiger partial charge in [-0.05, 0) is 24.8 Å². The van der Waals surface area contributed by atoms with Gasteiger partial charge in [-0.1, -0.05) is 31.0 Å². The van der Waals surface area contributed by atoms with Crippen LogP contribution in [-0.4, -0.2) is 21.5 Å². The van der Waals surface area contributed by atoms with Crippen molar-refractivity contribution < 1.29 is 0 Å². The lowest BCUT2D eigenvalue weighted by Crippen LogP contribution is -2.36. The van der Waals surface area contributed by atoms with Crippen molar-refractivity contribution >= 4 is 34.1 Å². The molecule has 1 aliphatic rings. The van der Waals surface area contributed by atoms with E-state index in [1.54, 1.807) is 0 Å². The van der Waals surface area contributed by atoms with E-state index in [-0.39, 0.29) is 5.41 Å². The van der Waals surface area contributed by atoms with E-state index in [1.807, 2.05) is 11.7 Å². The van der Waals surface area contributed by atoms with E-state index >= 15 is 0 Å². The Balaban J connectivity index is 1.98. The lowest BCUT2D eigenvalue weighted by Gasteiger charge is -2.35. The van der Waals surface area contributed by atoms with Gasteiger partial charge in [0, 0.05) is 36.0 Å². The number of hydrogen-bond donors (Lipinski definition) is 0. The van der Waals surface area contributed by atoms with Crippen LogP contribution in [0.3, 0.4) is 0 Å². The van der Waals surface area contributed by atoms with Crippen LogP contribution in [0.2, 0.25) is 0 Å². The van der Waals surface area contributed by atoms with E-state index in [4.69, 9.17) is 28.3 Å². The van der Waals surface area contributed by atoms with Gasteiger partial charge in [-0.2, -0.15) is 5.10 Å². The second-order valence-electron chi connectivity index (χ2n) is 6.38. The van der Waals surface area contributed by atoms with Gasteiger partial charge in [-0.15, -0.1) is 23.2 Å². The number of fused-ring (bicyclic) bond motifs is 1. The minimum Gasteiger partial charge on any atom is -0.268 e. The van der Waals surface area contributed by atoms with Gasteiger partial charge < -0.3 is 0 Å². The summed E-state index contributed by atoms with van der Waals surface area (Å²) in [6.07, 6.45) is 6.01. The molecule has 2 aromatic rings. The predicted molar refractivity (Wildman–Crippen MR) is 90.2 cm³/mol. The third-order valence-corrected chi connectivity index (χ3v) is 6.17. The number of rotatable bonds is 5. The summed E-state index contributed by atoms with van der Waals surface area (Å²) in [4.78, 5) is 0. The van der Waals surface area contributed by atoms with Crippen molar-refractivity contribution in [2.75, 3.05) is 11.8 Å². The normalized spacial score (nSPS) is 16.9. The van der Waals surface area contributed by atoms with Crippen molar-refractivity contribution in [2.45, 2.75) is 32.1 Å². The maximum Gasteiger partial charge on any atom is 0.0709 e. The molecule has 1 aromatic carbocycles. The van der Waals surface area contributed by atoms with Gasteiger partial charge in [0.25, 0.3) is 0 Å². The fraction of sp³-hybridized carbons (Fsp3) is 0.588. The molecule has 0 atom stereocenters. The van der Waals surface area contributed by atoms with Crippen LogP contribution in [0, 0.1) is 11.3 Å². The highest BCUT2D eigenvalue weighted by Crippen LogP contribution is 2.44. The molecule has 21 heavy (non-hydrogen) atoms. The molecule has 114 valence electrons. The topological polar surface area (TPSA) is 17.8 Å². The van der Waals surface area contributed by atoms with E-state index < -0.39 is 0 Å². The van der Waals surface area contributed by atoms with Crippen LogP contribution >= 0.6 is 23.2 Å². The Labute approximate surface area is 136 Å². The lowest BCUT2D eigenvalue weighted by molar-refractivity contribution is 0.223. The summed E-state index contributed by atoms with van der Waals surface area (Å²) in [5, 5.41) is 5.98. The molecule has 2 nitrogen and oxygen atoms in total. The SMILES string of the molecule is Cn1nc(CC(CCl)(CCl)C2CCCC2)c2ccccc21. The van der Waals surface area contributed by atoms with Gasteiger partial charge in [0.15, 0.2) is 0 Å². The van der Waals surface area contributed by atoms with Gasteiger partial charge in [-0.25, -0.2) is 0 Å². The maximum absolute atomic E-state index is 6.39. The summed E-state index contributed by atoms with van der Waals surface area (Å²) in [5.74, 6) is 1.87. The highest BCUT2D eigenvalue weighted by Gasteiger charge is 2.40. The largest absolute Gasteiger partial charge is 0.268 e. The molecule has 0 saturated heterocycles. The Morgan fingerprint density at radius 1 is 1.19 bits per heavy atom. The fourth-order valence-electron chi connectivity index (χ4n) is 3.78. The molecule has 1 heterocycles. The molecule has 1 fully saturated rings. The Bertz CT molecular complexity index is 610. The first-order valence-corrected chi connectivity index (χ1v) is 8.79. The Hall–Kier alpha value is -0.730. The molecule has 0 aliphatic heterocycles. The minimum absolute atomic E-state index is 0.0171. The molecular weight excluding hydrogens is 303 g/mol. The molecule has 0 bridgehead atoms. The highest BCUT2D eigenvalue weighted by atomic mass is 35.5. The number of hydrogen-bond acceptors (Lipinski definition) is 1. The molecular formula is C17H22Cl2N2. The van der Waals surface area contributed by atoms with Crippen LogP contribution in [0.15, 0.2) is 24.3 Å². The monoisotopic (exact) mass is 324 g/mol. The highest BCUT2D eigenvalue weighted by molar-refractivity contribution is 6.21. The molecule has 1 aliphatic carbocycles. The molecule has 0 spiro atoms. The summed E-state index contributed by atoms with van der Waals surface area (Å²) < 4.78 is 1.96. The first-order valence-electron chi connectivity index (χ1n) is 7.73. The number of nitrogens with zero attached hydrogens (tertiary/aromatic N) is 2. The number of benzene rings is 1. The standard InChI is InChI=1S/C17H22Cl2N2/c1-21-16-9-5-4-8-14(16)15(20-21)10-17(11-18,12-19)13-6-2-3-7-13/h4-5,8-9,13H,2-3,6-7,10-12H2,1H3. The van der Waals surface area contributed by atoms with E-state index in [0.29, 0.717) is 17.7 Å². The van der Waals surface area contributed by atoms with E-state index in [9.17, 15) is 0 Å². The van der Waals surface area contributed by atoms with Crippen LogP contribution in [0.1, 0.15) is 31.4 Å². The molecule has 0 radical (unpaired) electrons. The Morgan fingerprint density at radius 3 is 2.52 bits per heavy atom. The first-order chi connectivity index (χ1) is 10.2. The number of aromatic nitrogens is 2. The van der Waals surface area contributed by atoms with Gasteiger partial charge in [0.05, 0.1) is 11.2 Å². The molecule has 0 N–H and O–H groups in total. The van der Waals surface area contributed by atoms with Gasteiger partial charge in [0.1, 0.15) is 0 Å². The zero-order valence-electron chi connectivity index (χ0n) is 12.5. The second-order valence-corrected chi connectivity index (χ2v) is 6.91. The number of halogens is 2. The Kier molecular flexibility index (Phi) is 4.46. The van der Waals surface area contributed by atoms with Gasteiger partial charge in [-0.3, -0.25) is 4.68 Å². The molecule has 0 unspecified atom stereocenters. The van der Waals surface area contributed by atoms with Crippen molar-refractivity contribution in [3.63, 3.8) is 0 Å². The molecule has 4 heteroatoms. The zero-order chi connectivity index (χ0) is 14.9. The van der Waals surface area contributed by atoms with Crippen molar-refractivity contribution in [2.24, 2.45) is 18.4 Å². The van der Waals surface area contributed by atoms with Crippen LogP contribution < -0.4 is 0 Å². The molecule has 3 rings (SSSR count). The molecule has 1 saturated carbocycles. The summed E-state index contributed by atoms with van der Waals surface area (Å²) >= 11 is 12.8. The molecule has 1 aromatic heterocycles. The van der Waals surface area contributed by atoms with E-state index in [1.165, 1.54) is 36.6 Å². The summed E-state index contributed by atoms with van der Waals surface area (Å²) in [6.45, 7) is 0. The van der Waals surface area contributed by atoms with Crippen LogP contribution in [0.4, 0.5) is 0 Å². The van der Waals surface area contributed by atoms with Gasteiger partial charge >= 0.3 is 0 Å². The number of para-hydroxylation sites is 1. The number of aryl methyl sites for hydroxylation is 1. The average Bonchev–Trinajstić information content (AvgIpc) is 3.15. The second kappa shape index (κ2) is 6.18.